The molecule has 0 rings (SSSR count). The van der Waals surface area contributed by atoms with E-state index in [9.17, 15) is 0 Å². The van der Waals surface area contributed by atoms with Gasteiger partial charge in [0, 0.05) is 0 Å². The molecule has 0 aromatic heterocycles. The van der Waals surface area contributed by atoms with Crippen molar-refractivity contribution in [2.75, 3.05) is 0 Å². The van der Waals surface area contributed by atoms with Crippen molar-refractivity contribution in [3.63, 3.8) is 0 Å². The van der Waals surface area contributed by atoms with Gasteiger partial charge in [0.1, 0.15) is 0 Å². The summed E-state index contributed by atoms with van der Waals surface area (Å²) in [6, 6.07) is 0. The van der Waals surface area contributed by atoms with Crippen molar-refractivity contribution in [3.05, 3.63) is 61.3 Å². The first-order valence-electron chi connectivity index (χ1n) is 7.12. The van der Waals surface area contributed by atoms with E-state index in [1.165, 1.54) is 12.8 Å². The Bertz CT molecular complexity index is 276. The van der Waals surface area contributed by atoms with Gasteiger partial charge in [0.25, 0.3) is 0 Å². The van der Waals surface area contributed by atoms with Crippen LogP contribution in [0.3, 0.4) is 0 Å². The third-order valence-electron chi connectivity index (χ3n) is 2.50. The molecule has 0 unspecified atom stereocenters. The molecular weight excluding hydrogens is 216 g/mol. The lowest BCUT2D eigenvalue weighted by molar-refractivity contribution is 0.867. The Kier molecular flexibility index (Phi) is 14.6. The van der Waals surface area contributed by atoms with Crippen LogP contribution in [-0.4, -0.2) is 0 Å². The largest absolute Gasteiger partial charge is 0.103 e. The summed E-state index contributed by atoms with van der Waals surface area (Å²) >= 11 is 0. The summed E-state index contributed by atoms with van der Waals surface area (Å²) in [5.41, 5.74) is 0. The fourth-order valence-corrected chi connectivity index (χ4v) is 1.48. The lowest BCUT2D eigenvalue weighted by Crippen LogP contribution is -1.68. The minimum absolute atomic E-state index is 1.05. The maximum atomic E-state index is 3.71. The fourth-order valence-electron chi connectivity index (χ4n) is 1.48. The van der Waals surface area contributed by atoms with Crippen LogP contribution >= 0.6 is 0 Å². The summed E-state index contributed by atoms with van der Waals surface area (Å²) in [7, 11) is 0. The molecule has 0 spiro atoms. The van der Waals surface area contributed by atoms with E-state index in [0.717, 1.165) is 32.1 Å². The molecule has 0 nitrogen and oxygen atoms in total. The number of hydrogen-bond donors (Lipinski definition) is 0. The average molecular weight is 244 g/mol. The SMILES string of the molecule is C=CCCC/C=C\C/C=C\C/C=C\C/C=C\CC. The van der Waals surface area contributed by atoms with Crippen LogP contribution in [0.4, 0.5) is 0 Å². The molecule has 0 heterocycles. The minimum Gasteiger partial charge on any atom is -0.103 e. The average Bonchev–Trinajstić information content (AvgIpc) is 2.39. The second-order valence-corrected chi connectivity index (χ2v) is 4.22. The van der Waals surface area contributed by atoms with Gasteiger partial charge in [-0.05, 0) is 44.9 Å². The van der Waals surface area contributed by atoms with E-state index in [1.54, 1.807) is 0 Å². The Hall–Kier alpha value is -1.30. The number of allylic oxidation sites excluding steroid dienone is 9. The van der Waals surface area contributed by atoms with E-state index in [-0.39, 0.29) is 0 Å². The summed E-state index contributed by atoms with van der Waals surface area (Å²) in [5.74, 6) is 0. The summed E-state index contributed by atoms with van der Waals surface area (Å²) in [4.78, 5) is 0. The van der Waals surface area contributed by atoms with Crippen LogP contribution in [0.1, 0.15) is 51.9 Å². The number of unbranched alkanes of at least 4 members (excludes halogenated alkanes) is 2. The third-order valence-corrected chi connectivity index (χ3v) is 2.50. The monoisotopic (exact) mass is 244 g/mol. The van der Waals surface area contributed by atoms with Gasteiger partial charge in [-0.1, -0.05) is 61.6 Å². The van der Waals surface area contributed by atoms with Crippen LogP contribution in [0.2, 0.25) is 0 Å². The topological polar surface area (TPSA) is 0 Å². The van der Waals surface area contributed by atoms with Crippen molar-refractivity contribution >= 4 is 0 Å². The van der Waals surface area contributed by atoms with E-state index in [2.05, 4.69) is 62.1 Å². The van der Waals surface area contributed by atoms with E-state index < -0.39 is 0 Å². The Morgan fingerprint density at radius 2 is 1.17 bits per heavy atom. The Labute approximate surface area is 113 Å². The quantitative estimate of drug-likeness (QED) is 0.302. The van der Waals surface area contributed by atoms with Gasteiger partial charge in [0.15, 0.2) is 0 Å². The molecule has 0 aromatic rings. The van der Waals surface area contributed by atoms with E-state index >= 15 is 0 Å². The van der Waals surface area contributed by atoms with Crippen molar-refractivity contribution in [1.82, 2.24) is 0 Å². The van der Waals surface area contributed by atoms with Gasteiger partial charge in [-0.2, -0.15) is 0 Å². The van der Waals surface area contributed by atoms with Gasteiger partial charge in [-0.3, -0.25) is 0 Å². The van der Waals surface area contributed by atoms with Gasteiger partial charge in [-0.15, -0.1) is 6.58 Å². The second kappa shape index (κ2) is 15.7. The molecule has 0 aliphatic rings. The summed E-state index contributed by atoms with van der Waals surface area (Å²) < 4.78 is 0. The van der Waals surface area contributed by atoms with Gasteiger partial charge in [0.2, 0.25) is 0 Å². The molecule has 0 saturated heterocycles. The molecule has 0 aliphatic carbocycles. The minimum atomic E-state index is 1.05. The van der Waals surface area contributed by atoms with E-state index in [4.69, 9.17) is 0 Å². The fraction of sp³-hybridized carbons (Fsp3) is 0.444. The smallest absolute Gasteiger partial charge is 0.0169 e. The summed E-state index contributed by atoms with van der Waals surface area (Å²) in [5, 5.41) is 0. The van der Waals surface area contributed by atoms with Crippen molar-refractivity contribution in [3.8, 4) is 0 Å². The predicted octanol–water partition coefficient (Wildman–Crippen LogP) is 6.15. The van der Waals surface area contributed by atoms with Crippen molar-refractivity contribution in [2.45, 2.75) is 51.9 Å². The van der Waals surface area contributed by atoms with Gasteiger partial charge in [-0.25, -0.2) is 0 Å². The van der Waals surface area contributed by atoms with Crippen molar-refractivity contribution in [2.24, 2.45) is 0 Å². The van der Waals surface area contributed by atoms with Crippen LogP contribution in [0.5, 0.6) is 0 Å². The highest BCUT2D eigenvalue weighted by Crippen LogP contribution is 1.99. The maximum Gasteiger partial charge on any atom is -0.0169 e. The molecule has 0 N–H and O–H groups in total. The zero-order chi connectivity index (χ0) is 13.3. The molecule has 0 fully saturated rings. The lowest BCUT2D eigenvalue weighted by atomic mass is 10.2. The van der Waals surface area contributed by atoms with Crippen molar-refractivity contribution in [1.29, 1.82) is 0 Å². The van der Waals surface area contributed by atoms with Crippen LogP contribution in [0.25, 0.3) is 0 Å². The standard InChI is InChI=1S/C18H28/c1-3-5-7-9-11-13-15-17-18-16-14-12-10-8-6-4-2/h3,6,8,11-14,17-18H,1,4-5,7,9-10,15-16H2,2H3/b8-6-,13-11-,14-12-,18-17-. The molecule has 0 radical (unpaired) electrons. The van der Waals surface area contributed by atoms with E-state index in [1.807, 2.05) is 6.08 Å². The van der Waals surface area contributed by atoms with Crippen LogP contribution in [0, 0.1) is 0 Å². The molecular formula is C18H28. The summed E-state index contributed by atoms with van der Waals surface area (Å²) in [6.07, 6.45) is 27.6. The highest BCUT2D eigenvalue weighted by atomic mass is 13.8. The predicted molar refractivity (Wildman–Crippen MR) is 84.8 cm³/mol. The van der Waals surface area contributed by atoms with Gasteiger partial charge in [0.05, 0.1) is 0 Å². The molecule has 0 heteroatoms. The molecule has 0 aromatic carbocycles. The molecule has 0 atom stereocenters. The Morgan fingerprint density at radius 3 is 1.67 bits per heavy atom. The highest BCUT2D eigenvalue weighted by molar-refractivity contribution is 4.99. The van der Waals surface area contributed by atoms with E-state index in [0.29, 0.717) is 0 Å². The molecule has 0 bridgehead atoms. The zero-order valence-corrected chi connectivity index (χ0v) is 11.9. The first-order chi connectivity index (χ1) is 8.91. The Balaban J connectivity index is 3.37. The number of hydrogen-bond acceptors (Lipinski definition) is 0. The van der Waals surface area contributed by atoms with Crippen LogP contribution in [0.15, 0.2) is 61.3 Å². The summed E-state index contributed by atoms with van der Waals surface area (Å²) in [6.45, 7) is 5.87. The number of rotatable bonds is 11. The first kappa shape index (κ1) is 16.7. The molecule has 0 amide bonds. The van der Waals surface area contributed by atoms with Gasteiger partial charge >= 0.3 is 0 Å². The maximum absolute atomic E-state index is 3.71. The normalized spacial score (nSPS) is 12.5. The molecule has 18 heavy (non-hydrogen) atoms. The molecule has 0 saturated carbocycles. The molecule has 100 valence electrons. The Morgan fingerprint density at radius 1 is 0.667 bits per heavy atom. The lowest BCUT2D eigenvalue weighted by Gasteiger charge is -1.88. The van der Waals surface area contributed by atoms with Crippen molar-refractivity contribution < 1.29 is 0 Å². The third kappa shape index (κ3) is 14.7. The first-order valence-corrected chi connectivity index (χ1v) is 7.12. The van der Waals surface area contributed by atoms with Crippen LogP contribution in [-0.2, 0) is 0 Å². The highest BCUT2D eigenvalue weighted by Gasteiger charge is 1.78. The van der Waals surface area contributed by atoms with Crippen LogP contribution < -0.4 is 0 Å². The molecule has 0 aliphatic heterocycles. The zero-order valence-electron chi connectivity index (χ0n) is 11.9. The van der Waals surface area contributed by atoms with Gasteiger partial charge < -0.3 is 0 Å². The second-order valence-electron chi connectivity index (χ2n) is 4.22.